The number of halogens is 1. The van der Waals surface area contributed by atoms with Crippen molar-refractivity contribution in [2.75, 3.05) is 5.32 Å². The van der Waals surface area contributed by atoms with Gasteiger partial charge in [-0.15, -0.1) is 0 Å². The Balaban J connectivity index is 2.67. The number of anilines is 1. The third kappa shape index (κ3) is 5.47. The Bertz CT molecular complexity index is 562. The first-order valence-electron chi connectivity index (χ1n) is 6.14. The second-order valence-corrected chi connectivity index (χ2v) is 4.48. The summed E-state index contributed by atoms with van der Waals surface area (Å²) in [5.74, 6) is -2.62. The van der Waals surface area contributed by atoms with Crippen molar-refractivity contribution in [2.45, 2.75) is 25.8 Å². The number of nitrogens with one attached hydrogen (secondary N) is 2. The van der Waals surface area contributed by atoms with E-state index in [9.17, 15) is 18.8 Å². The van der Waals surface area contributed by atoms with Crippen LogP contribution in [0.2, 0.25) is 0 Å². The Labute approximate surface area is 120 Å². The van der Waals surface area contributed by atoms with Crippen molar-refractivity contribution in [1.29, 1.82) is 0 Å². The predicted molar refractivity (Wildman–Crippen MR) is 73.1 cm³/mol. The summed E-state index contributed by atoms with van der Waals surface area (Å²) in [6, 6.07) is 1.97. The summed E-state index contributed by atoms with van der Waals surface area (Å²) in [6.45, 7) is 1.72. The topological polar surface area (TPSA) is 122 Å². The monoisotopic (exact) mass is 297 g/mol. The number of aryl methyl sites for hydroxylation is 1. The molecule has 0 aliphatic rings. The van der Waals surface area contributed by atoms with Crippen LogP contribution in [-0.4, -0.2) is 29.1 Å². The predicted octanol–water partition coefficient (Wildman–Crippen LogP) is 0.974. The zero-order valence-electron chi connectivity index (χ0n) is 11.4. The van der Waals surface area contributed by atoms with Crippen LogP contribution in [0.1, 0.15) is 18.4 Å². The number of urea groups is 1. The molecule has 0 saturated heterocycles. The SMILES string of the molecule is Cc1ccc(F)c(NC(=O)NC(CCC(N)=O)C(=O)O)c1. The molecule has 0 bridgehead atoms. The number of carboxylic acids is 1. The maximum Gasteiger partial charge on any atom is 0.326 e. The molecule has 3 amide bonds. The highest BCUT2D eigenvalue weighted by atomic mass is 19.1. The minimum Gasteiger partial charge on any atom is -0.480 e. The molecule has 7 nitrogen and oxygen atoms in total. The minimum atomic E-state index is -1.31. The highest BCUT2D eigenvalue weighted by molar-refractivity contribution is 5.92. The summed E-state index contributed by atoms with van der Waals surface area (Å²) < 4.78 is 13.5. The average molecular weight is 297 g/mol. The van der Waals surface area contributed by atoms with Crippen molar-refractivity contribution >= 4 is 23.6 Å². The minimum absolute atomic E-state index is 0.0634. The lowest BCUT2D eigenvalue weighted by Crippen LogP contribution is -2.43. The summed E-state index contributed by atoms with van der Waals surface area (Å²) in [5.41, 5.74) is 5.59. The van der Waals surface area contributed by atoms with Gasteiger partial charge in [0.2, 0.25) is 5.91 Å². The van der Waals surface area contributed by atoms with Crippen LogP contribution in [0.3, 0.4) is 0 Å². The molecule has 0 radical (unpaired) electrons. The number of nitrogens with two attached hydrogens (primary N) is 1. The van der Waals surface area contributed by atoms with Crippen molar-refractivity contribution in [3.05, 3.63) is 29.6 Å². The molecule has 5 N–H and O–H groups in total. The zero-order valence-corrected chi connectivity index (χ0v) is 11.4. The summed E-state index contributed by atoms with van der Waals surface area (Å²) in [4.78, 5) is 33.3. The Morgan fingerprint density at radius 2 is 2.05 bits per heavy atom. The summed E-state index contributed by atoms with van der Waals surface area (Å²) >= 11 is 0. The fraction of sp³-hybridized carbons (Fsp3) is 0.308. The molecule has 114 valence electrons. The zero-order chi connectivity index (χ0) is 16.0. The number of carbonyl (C=O) groups is 3. The quantitative estimate of drug-likeness (QED) is 0.625. The van der Waals surface area contributed by atoms with E-state index in [4.69, 9.17) is 10.8 Å². The Hall–Kier alpha value is -2.64. The van der Waals surface area contributed by atoms with E-state index in [1.807, 2.05) is 0 Å². The number of rotatable bonds is 6. The Morgan fingerprint density at radius 1 is 1.38 bits per heavy atom. The molecule has 8 heteroatoms. The van der Waals surface area contributed by atoms with Crippen LogP contribution < -0.4 is 16.4 Å². The highest BCUT2D eigenvalue weighted by Gasteiger charge is 2.21. The second kappa shape index (κ2) is 7.22. The summed E-state index contributed by atoms with van der Waals surface area (Å²) in [7, 11) is 0. The summed E-state index contributed by atoms with van der Waals surface area (Å²) in [6.07, 6.45) is -0.329. The standard InChI is InChI=1S/C13H16FN3O4/c1-7-2-3-8(14)10(6-7)17-13(21)16-9(12(19)20)4-5-11(15)18/h2-3,6,9H,4-5H2,1H3,(H2,15,18)(H,19,20)(H2,16,17,21). The Kier molecular flexibility index (Phi) is 5.65. The lowest BCUT2D eigenvalue weighted by atomic mass is 10.1. The molecular formula is C13H16FN3O4. The third-order valence-electron chi connectivity index (χ3n) is 2.65. The average Bonchev–Trinajstić information content (AvgIpc) is 2.38. The van der Waals surface area contributed by atoms with Gasteiger partial charge in [-0.2, -0.15) is 0 Å². The molecule has 0 saturated carbocycles. The number of primary amides is 1. The van der Waals surface area contributed by atoms with Crippen molar-refractivity contribution in [1.82, 2.24) is 5.32 Å². The molecule has 0 heterocycles. The first kappa shape index (κ1) is 16.4. The first-order chi connectivity index (χ1) is 9.79. The molecule has 0 aliphatic heterocycles. The lowest BCUT2D eigenvalue weighted by Gasteiger charge is -2.15. The second-order valence-electron chi connectivity index (χ2n) is 4.48. The fourth-order valence-corrected chi connectivity index (χ4v) is 1.60. The van der Waals surface area contributed by atoms with Crippen LogP contribution in [0.15, 0.2) is 18.2 Å². The number of carboxylic acid groups (broad SMARTS) is 1. The van der Waals surface area contributed by atoms with Crippen LogP contribution in [-0.2, 0) is 9.59 Å². The van der Waals surface area contributed by atoms with E-state index in [1.54, 1.807) is 6.92 Å². The third-order valence-corrected chi connectivity index (χ3v) is 2.65. The van der Waals surface area contributed by atoms with Gasteiger partial charge in [0.1, 0.15) is 11.9 Å². The van der Waals surface area contributed by atoms with Gasteiger partial charge in [-0.25, -0.2) is 14.0 Å². The Morgan fingerprint density at radius 3 is 2.62 bits per heavy atom. The van der Waals surface area contributed by atoms with E-state index in [1.165, 1.54) is 18.2 Å². The van der Waals surface area contributed by atoms with Crippen LogP contribution in [0.4, 0.5) is 14.9 Å². The van der Waals surface area contributed by atoms with Crippen molar-refractivity contribution in [3.63, 3.8) is 0 Å². The van der Waals surface area contributed by atoms with E-state index >= 15 is 0 Å². The molecule has 0 spiro atoms. The lowest BCUT2D eigenvalue weighted by molar-refractivity contribution is -0.139. The molecule has 21 heavy (non-hydrogen) atoms. The molecule has 1 rings (SSSR count). The van der Waals surface area contributed by atoms with Gasteiger partial charge >= 0.3 is 12.0 Å². The fourth-order valence-electron chi connectivity index (χ4n) is 1.60. The highest BCUT2D eigenvalue weighted by Crippen LogP contribution is 2.15. The maximum atomic E-state index is 13.5. The normalized spacial score (nSPS) is 11.5. The molecule has 1 aromatic rings. The largest absolute Gasteiger partial charge is 0.480 e. The van der Waals surface area contributed by atoms with E-state index in [0.717, 1.165) is 5.56 Å². The van der Waals surface area contributed by atoms with E-state index in [-0.39, 0.29) is 18.5 Å². The molecule has 1 atom stereocenters. The molecule has 0 aliphatic carbocycles. The van der Waals surface area contributed by atoms with E-state index in [2.05, 4.69) is 10.6 Å². The van der Waals surface area contributed by atoms with Gasteiger partial charge in [-0.1, -0.05) is 6.07 Å². The summed E-state index contributed by atoms with van der Waals surface area (Å²) in [5, 5.41) is 13.3. The van der Waals surface area contributed by atoms with Gasteiger partial charge in [0.05, 0.1) is 5.69 Å². The maximum absolute atomic E-state index is 13.5. The van der Waals surface area contributed by atoms with Gasteiger partial charge < -0.3 is 21.5 Å². The van der Waals surface area contributed by atoms with Gasteiger partial charge in [0.25, 0.3) is 0 Å². The van der Waals surface area contributed by atoms with Crippen LogP contribution in [0, 0.1) is 12.7 Å². The van der Waals surface area contributed by atoms with E-state index < -0.39 is 29.8 Å². The molecule has 1 aromatic carbocycles. The van der Waals surface area contributed by atoms with Crippen molar-refractivity contribution in [3.8, 4) is 0 Å². The number of amides is 3. The number of hydrogen-bond donors (Lipinski definition) is 4. The molecular weight excluding hydrogens is 281 g/mol. The van der Waals surface area contributed by atoms with Gasteiger partial charge in [-0.05, 0) is 31.0 Å². The van der Waals surface area contributed by atoms with E-state index in [0.29, 0.717) is 0 Å². The van der Waals surface area contributed by atoms with Crippen LogP contribution >= 0.6 is 0 Å². The van der Waals surface area contributed by atoms with Gasteiger partial charge in [0.15, 0.2) is 0 Å². The van der Waals surface area contributed by atoms with Gasteiger partial charge in [0, 0.05) is 6.42 Å². The van der Waals surface area contributed by atoms with Crippen LogP contribution in [0.5, 0.6) is 0 Å². The van der Waals surface area contributed by atoms with Crippen LogP contribution in [0.25, 0.3) is 0 Å². The molecule has 0 fully saturated rings. The van der Waals surface area contributed by atoms with Gasteiger partial charge in [-0.3, -0.25) is 4.79 Å². The molecule has 1 unspecified atom stereocenters. The number of carbonyl (C=O) groups excluding carboxylic acids is 2. The van der Waals surface area contributed by atoms with Crippen molar-refractivity contribution in [2.24, 2.45) is 5.73 Å². The van der Waals surface area contributed by atoms with Crippen molar-refractivity contribution < 1.29 is 23.9 Å². The smallest absolute Gasteiger partial charge is 0.326 e. The number of aliphatic carboxylic acids is 1. The molecule has 0 aromatic heterocycles. The number of hydrogen-bond acceptors (Lipinski definition) is 3. The number of benzene rings is 1. The first-order valence-corrected chi connectivity index (χ1v) is 6.14.